The minimum atomic E-state index is -0.447. The molecule has 120 valence electrons. The standard InChI is InChI=1S/C17H19N3O3/c21-17(16-14-5-3-1-2-4-6-15(14)16)19-18-11-12-7-9-13(10-8-12)20(22)23/h1-2,7-11,14-16H,3-6H2,(H,19,21). The molecule has 6 heteroatoms. The lowest BCUT2D eigenvalue weighted by Gasteiger charge is -1.99. The lowest BCUT2D eigenvalue weighted by atomic mass is 10.1. The summed E-state index contributed by atoms with van der Waals surface area (Å²) in [7, 11) is 0. The van der Waals surface area contributed by atoms with Gasteiger partial charge in [-0.25, -0.2) is 5.43 Å². The van der Waals surface area contributed by atoms with Gasteiger partial charge in [-0.2, -0.15) is 5.10 Å². The monoisotopic (exact) mass is 313 g/mol. The Morgan fingerprint density at radius 2 is 1.78 bits per heavy atom. The van der Waals surface area contributed by atoms with Gasteiger partial charge in [-0.15, -0.1) is 0 Å². The summed E-state index contributed by atoms with van der Waals surface area (Å²) in [4.78, 5) is 22.3. The molecule has 2 unspecified atom stereocenters. The van der Waals surface area contributed by atoms with E-state index in [2.05, 4.69) is 22.7 Å². The second-order valence-corrected chi connectivity index (χ2v) is 6.06. The fourth-order valence-electron chi connectivity index (χ4n) is 3.36. The van der Waals surface area contributed by atoms with Crippen LogP contribution in [0.4, 0.5) is 5.69 Å². The van der Waals surface area contributed by atoms with Gasteiger partial charge >= 0.3 is 0 Å². The minimum Gasteiger partial charge on any atom is -0.273 e. The molecule has 2 aliphatic rings. The summed E-state index contributed by atoms with van der Waals surface area (Å²) in [5.74, 6) is 1.06. The molecule has 0 bridgehead atoms. The summed E-state index contributed by atoms with van der Waals surface area (Å²) in [5, 5.41) is 14.6. The summed E-state index contributed by atoms with van der Waals surface area (Å²) in [6.45, 7) is 0. The van der Waals surface area contributed by atoms with Gasteiger partial charge in [0.25, 0.3) is 5.69 Å². The lowest BCUT2D eigenvalue weighted by molar-refractivity contribution is -0.384. The Kier molecular flexibility index (Phi) is 4.50. The van der Waals surface area contributed by atoms with E-state index in [0.717, 1.165) is 25.7 Å². The first-order valence-corrected chi connectivity index (χ1v) is 7.89. The maximum absolute atomic E-state index is 12.2. The van der Waals surface area contributed by atoms with Crippen LogP contribution >= 0.6 is 0 Å². The van der Waals surface area contributed by atoms with Crippen LogP contribution in [0.1, 0.15) is 31.2 Å². The van der Waals surface area contributed by atoms with Crippen molar-refractivity contribution in [3.05, 3.63) is 52.1 Å². The van der Waals surface area contributed by atoms with Gasteiger partial charge in [0.2, 0.25) is 5.91 Å². The SMILES string of the molecule is O=C(NN=Cc1ccc([N+](=O)[O-])cc1)C1C2CCC=CCCC21. The van der Waals surface area contributed by atoms with Crippen molar-refractivity contribution in [3.63, 3.8) is 0 Å². The molecule has 1 N–H and O–H groups in total. The number of hydrazone groups is 1. The fourth-order valence-corrected chi connectivity index (χ4v) is 3.36. The molecule has 1 aromatic rings. The number of hydrogen-bond donors (Lipinski definition) is 1. The van der Waals surface area contributed by atoms with E-state index in [1.54, 1.807) is 12.1 Å². The molecule has 0 aromatic heterocycles. The van der Waals surface area contributed by atoms with Gasteiger partial charge in [-0.3, -0.25) is 14.9 Å². The van der Waals surface area contributed by atoms with Crippen LogP contribution in [0.2, 0.25) is 0 Å². The van der Waals surface area contributed by atoms with E-state index >= 15 is 0 Å². The van der Waals surface area contributed by atoms with Crippen molar-refractivity contribution in [2.45, 2.75) is 25.7 Å². The zero-order valence-electron chi connectivity index (χ0n) is 12.7. The smallest absolute Gasteiger partial charge is 0.269 e. The summed E-state index contributed by atoms with van der Waals surface area (Å²) < 4.78 is 0. The average molecular weight is 313 g/mol. The van der Waals surface area contributed by atoms with Crippen LogP contribution in [0.25, 0.3) is 0 Å². The maximum Gasteiger partial charge on any atom is 0.269 e. The highest BCUT2D eigenvalue weighted by atomic mass is 16.6. The topological polar surface area (TPSA) is 84.6 Å². The number of rotatable bonds is 4. The summed E-state index contributed by atoms with van der Waals surface area (Å²) in [6, 6.07) is 6.03. The van der Waals surface area contributed by atoms with Gasteiger partial charge < -0.3 is 0 Å². The number of fused-ring (bicyclic) bond motifs is 1. The van der Waals surface area contributed by atoms with E-state index in [4.69, 9.17) is 0 Å². The predicted octanol–water partition coefficient (Wildman–Crippen LogP) is 3.04. The van der Waals surface area contributed by atoms with Crippen LogP contribution in [0, 0.1) is 27.9 Å². The number of nitrogens with one attached hydrogen (secondary N) is 1. The number of allylic oxidation sites excluding steroid dienone is 2. The third-order valence-electron chi connectivity index (χ3n) is 4.63. The van der Waals surface area contributed by atoms with Crippen LogP contribution in [-0.2, 0) is 4.79 Å². The molecule has 2 atom stereocenters. The second kappa shape index (κ2) is 6.73. The second-order valence-electron chi connectivity index (χ2n) is 6.06. The quantitative estimate of drug-likeness (QED) is 0.401. The van der Waals surface area contributed by atoms with Crippen LogP contribution in [0.15, 0.2) is 41.5 Å². The molecule has 1 amide bonds. The molecule has 2 aliphatic carbocycles. The lowest BCUT2D eigenvalue weighted by Crippen LogP contribution is -2.21. The number of carbonyl (C=O) groups is 1. The van der Waals surface area contributed by atoms with Gasteiger partial charge in [-0.05, 0) is 55.2 Å². The van der Waals surface area contributed by atoms with E-state index in [1.165, 1.54) is 18.3 Å². The summed E-state index contributed by atoms with van der Waals surface area (Å²) in [6.07, 6.45) is 10.2. The van der Waals surface area contributed by atoms with Crippen molar-refractivity contribution < 1.29 is 9.72 Å². The molecule has 1 saturated carbocycles. The van der Waals surface area contributed by atoms with Crippen molar-refractivity contribution in [1.82, 2.24) is 5.43 Å². The largest absolute Gasteiger partial charge is 0.273 e. The van der Waals surface area contributed by atoms with Crippen molar-refractivity contribution in [3.8, 4) is 0 Å². The molecule has 0 radical (unpaired) electrons. The number of hydrogen-bond acceptors (Lipinski definition) is 4. The molecule has 6 nitrogen and oxygen atoms in total. The average Bonchev–Trinajstić information content (AvgIpc) is 3.19. The number of carbonyl (C=O) groups excluding carboxylic acids is 1. The highest BCUT2D eigenvalue weighted by molar-refractivity contribution is 5.85. The summed E-state index contributed by atoms with van der Waals surface area (Å²) in [5.41, 5.74) is 3.35. The fraction of sp³-hybridized carbons (Fsp3) is 0.412. The molecule has 3 rings (SSSR count). The van der Waals surface area contributed by atoms with Gasteiger partial charge in [0, 0.05) is 18.1 Å². The summed E-state index contributed by atoms with van der Waals surface area (Å²) >= 11 is 0. The van der Waals surface area contributed by atoms with E-state index in [0.29, 0.717) is 17.4 Å². The first-order chi connectivity index (χ1) is 11.2. The van der Waals surface area contributed by atoms with E-state index in [1.807, 2.05) is 0 Å². The Balaban J connectivity index is 1.52. The van der Waals surface area contributed by atoms with Crippen molar-refractivity contribution in [2.24, 2.45) is 22.9 Å². The van der Waals surface area contributed by atoms with Gasteiger partial charge in [0.1, 0.15) is 0 Å². The van der Waals surface area contributed by atoms with Gasteiger partial charge in [-0.1, -0.05) is 12.2 Å². The number of benzene rings is 1. The van der Waals surface area contributed by atoms with E-state index in [-0.39, 0.29) is 17.5 Å². The van der Waals surface area contributed by atoms with E-state index in [9.17, 15) is 14.9 Å². The maximum atomic E-state index is 12.2. The molecular weight excluding hydrogens is 294 g/mol. The van der Waals surface area contributed by atoms with Crippen molar-refractivity contribution in [1.29, 1.82) is 0 Å². The Morgan fingerprint density at radius 3 is 2.35 bits per heavy atom. The number of nitro benzene ring substituents is 1. The molecule has 1 aromatic carbocycles. The highest BCUT2D eigenvalue weighted by Gasteiger charge is 2.53. The van der Waals surface area contributed by atoms with Crippen LogP contribution < -0.4 is 5.43 Å². The Hall–Kier alpha value is -2.50. The van der Waals surface area contributed by atoms with Crippen molar-refractivity contribution >= 4 is 17.8 Å². The van der Waals surface area contributed by atoms with Crippen LogP contribution in [0.5, 0.6) is 0 Å². The van der Waals surface area contributed by atoms with Crippen LogP contribution in [0.3, 0.4) is 0 Å². The molecular formula is C17H19N3O3. The number of nitrogens with zero attached hydrogens (tertiary/aromatic N) is 2. The molecule has 0 saturated heterocycles. The van der Waals surface area contributed by atoms with Gasteiger partial charge in [0.15, 0.2) is 0 Å². The molecule has 0 spiro atoms. The molecule has 1 fully saturated rings. The zero-order chi connectivity index (χ0) is 16.2. The zero-order valence-corrected chi connectivity index (χ0v) is 12.7. The Morgan fingerprint density at radius 1 is 1.17 bits per heavy atom. The Labute approximate surface area is 134 Å². The van der Waals surface area contributed by atoms with Crippen molar-refractivity contribution in [2.75, 3.05) is 0 Å². The number of amides is 1. The Bertz CT molecular complexity index is 636. The van der Waals surface area contributed by atoms with Gasteiger partial charge in [0.05, 0.1) is 11.1 Å². The predicted molar refractivity (Wildman–Crippen MR) is 86.9 cm³/mol. The molecule has 23 heavy (non-hydrogen) atoms. The third-order valence-corrected chi connectivity index (χ3v) is 4.63. The third kappa shape index (κ3) is 3.64. The first-order valence-electron chi connectivity index (χ1n) is 7.89. The number of nitro groups is 1. The first kappa shape index (κ1) is 15.4. The van der Waals surface area contributed by atoms with Crippen LogP contribution in [-0.4, -0.2) is 17.0 Å². The normalized spacial score (nSPS) is 26.2. The molecule has 0 aliphatic heterocycles. The number of non-ortho nitro benzene ring substituents is 1. The minimum absolute atomic E-state index is 0.0138. The van der Waals surface area contributed by atoms with E-state index < -0.39 is 4.92 Å². The molecule has 0 heterocycles. The highest BCUT2D eigenvalue weighted by Crippen LogP contribution is 2.52.